The average Bonchev–Trinajstić information content (AvgIpc) is 2.70. The van der Waals surface area contributed by atoms with Crippen molar-refractivity contribution in [2.24, 2.45) is 5.92 Å². The normalized spacial score (nSPS) is 27.6. The first-order valence-corrected chi connectivity index (χ1v) is 5.25. The van der Waals surface area contributed by atoms with E-state index in [2.05, 4.69) is 41.6 Å². The van der Waals surface area contributed by atoms with Gasteiger partial charge in [-0.15, -0.1) is 5.10 Å². The molecule has 78 valence electrons. The molecule has 5 heteroatoms. The van der Waals surface area contributed by atoms with E-state index in [1.54, 1.807) is 0 Å². The van der Waals surface area contributed by atoms with Crippen LogP contribution in [0.15, 0.2) is 0 Å². The molecule has 1 aromatic heterocycles. The van der Waals surface area contributed by atoms with Gasteiger partial charge in [-0.25, -0.2) is 4.68 Å². The Morgan fingerprint density at radius 3 is 2.93 bits per heavy atom. The van der Waals surface area contributed by atoms with E-state index in [4.69, 9.17) is 0 Å². The van der Waals surface area contributed by atoms with Gasteiger partial charge in [0.05, 0.1) is 12.1 Å². The fourth-order valence-corrected chi connectivity index (χ4v) is 1.76. The Kier molecular flexibility index (Phi) is 2.50. The van der Waals surface area contributed by atoms with Crippen LogP contribution in [0.25, 0.3) is 0 Å². The molecule has 5 nitrogen and oxygen atoms in total. The highest BCUT2D eigenvalue weighted by Crippen LogP contribution is 2.42. The number of rotatable bonds is 4. The topological polar surface area (TPSA) is 55.6 Å². The molecule has 14 heavy (non-hydrogen) atoms. The monoisotopic (exact) mass is 195 g/mol. The molecule has 0 saturated heterocycles. The SMILES string of the molecule is CCNC(C)c1nnnn1C1CC1C. The largest absolute Gasteiger partial charge is 0.308 e. The van der Waals surface area contributed by atoms with E-state index in [0.717, 1.165) is 18.3 Å². The summed E-state index contributed by atoms with van der Waals surface area (Å²) in [7, 11) is 0. The fraction of sp³-hybridized carbons (Fsp3) is 0.889. The van der Waals surface area contributed by atoms with Crippen molar-refractivity contribution in [3.05, 3.63) is 5.82 Å². The zero-order valence-electron chi connectivity index (χ0n) is 8.94. The van der Waals surface area contributed by atoms with Gasteiger partial charge >= 0.3 is 0 Å². The minimum absolute atomic E-state index is 0.239. The molecule has 1 aromatic rings. The smallest absolute Gasteiger partial charge is 0.168 e. The molecule has 0 aliphatic heterocycles. The third-order valence-electron chi connectivity index (χ3n) is 2.80. The van der Waals surface area contributed by atoms with E-state index in [1.807, 2.05) is 4.68 Å². The van der Waals surface area contributed by atoms with Gasteiger partial charge in [0.1, 0.15) is 0 Å². The van der Waals surface area contributed by atoms with Crippen LogP contribution < -0.4 is 5.32 Å². The molecule has 1 heterocycles. The number of nitrogens with zero attached hydrogens (tertiary/aromatic N) is 4. The van der Waals surface area contributed by atoms with Crippen molar-refractivity contribution in [1.82, 2.24) is 25.5 Å². The Morgan fingerprint density at radius 2 is 2.36 bits per heavy atom. The molecule has 0 aromatic carbocycles. The first kappa shape index (κ1) is 9.58. The van der Waals surface area contributed by atoms with Crippen LogP contribution >= 0.6 is 0 Å². The minimum Gasteiger partial charge on any atom is -0.308 e. The van der Waals surface area contributed by atoms with Gasteiger partial charge in [-0.3, -0.25) is 0 Å². The number of aromatic nitrogens is 4. The summed E-state index contributed by atoms with van der Waals surface area (Å²) >= 11 is 0. The highest BCUT2D eigenvalue weighted by Gasteiger charge is 2.37. The zero-order chi connectivity index (χ0) is 10.1. The summed E-state index contributed by atoms with van der Waals surface area (Å²) in [6.07, 6.45) is 1.21. The van der Waals surface area contributed by atoms with Gasteiger partial charge in [-0.2, -0.15) is 0 Å². The van der Waals surface area contributed by atoms with E-state index in [1.165, 1.54) is 6.42 Å². The molecular formula is C9H17N5. The van der Waals surface area contributed by atoms with Gasteiger partial charge in [0, 0.05) is 0 Å². The second-order valence-electron chi connectivity index (χ2n) is 4.04. The van der Waals surface area contributed by atoms with Crippen molar-refractivity contribution in [1.29, 1.82) is 0 Å². The van der Waals surface area contributed by atoms with Gasteiger partial charge in [0.25, 0.3) is 0 Å². The Hall–Kier alpha value is -0.970. The lowest BCUT2D eigenvalue weighted by Gasteiger charge is -2.11. The summed E-state index contributed by atoms with van der Waals surface area (Å²) < 4.78 is 1.97. The maximum Gasteiger partial charge on any atom is 0.168 e. The van der Waals surface area contributed by atoms with Crippen LogP contribution in [0.4, 0.5) is 0 Å². The van der Waals surface area contributed by atoms with E-state index < -0.39 is 0 Å². The van der Waals surface area contributed by atoms with Crippen molar-refractivity contribution in [3.63, 3.8) is 0 Å². The molecule has 1 N–H and O–H groups in total. The summed E-state index contributed by atoms with van der Waals surface area (Å²) in [4.78, 5) is 0. The average molecular weight is 195 g/mol. The quantitative estimate of drug-likeness (QED) is 0.776. The lowest BCUT2D eigenvalue weighted by molar-refractivity contribution is 0.490. The van der Waals surface area contributed by atoms with Crippen molar-refractivity contribution >= 4 is 0 Å². The van der Waals surface area contributed by atoms with Crippen molar-refractivity contribution < 1.29 is 0 Å². The Labute approximate surface area is 83.9 Å². The minimum atomic E-state index is 0.239. The third-order valence-corrected chi connectivity index (χ3v) is 2.80. The third kappa shape index (κ3) is 1.64. The standard InChI is InChI=1S/C9H17N5/c1-4-10-7(3)9-11-12-13-14(9)8-5-6(8)2/h6-8,10H,4-5H2,1-3H3. The molecule has 0 spiro atoms. The number of hydrogen-bond donors (Lipinski definition) is 1. The Bertz CT molecular complexity index is 308. The maximum absolute atomic E-state index is 4.07. The predicted molar refractivity (Wildman–Crippen MR) is 52.7 cm³/mol. The summed E-state index contributed by atoms with van der Waals surface area (Å²) in [5.74, 6) is 1.69. The van der Waals surface area contributed by atoms with Crippen LogP contribution in [0.3, 0.4) is 0 Å². The van der Waals surface area contributed by atoms with Crippen molar-refractivity contribution in [3.8, 4) is 0 Å². The van der Waals surface area contributed by atoms with E-state index in [0.29, 0.717) is 6.04 Å². The van der Waals surface area contributed by atoms with Gasteiger partial charge in [-0.05, 0) is 36.2 Å². The number of hydrogen-bond acceptors (Lipinski definition) is 4. The predicted octanol–water partition coefficient (Wildman–Crippen LogP) is 0.924. The molecule has 0 radical (unpaired) electrons. The first-order chi connectivity index (χ1) is 6.74. The van der Waals surface area contributed by atoms with Crippen LogP contribution in [0.5, 0.6) is 0 Å². The molecule has 1 aliphatic carbocycles. The van der Waals surface area contributed by atoms with Crippen LogP contribution in [0.2, 0.25) is 0 Å². The first-order valence-electron chi connectivity index (χ1n) is 5.25. The molecule has 3 atom stereocenters. The molecule has 3 unspecified atom stereocenters. The molecular weight excluding hydrogens is 178 g/mol. The van der Waals surface area contributed by atoms with E-state index >= 15 is 0 Å². The second kappa shape index (κ2) is 3.65. The Balaban J connectivity index is 2.13. The molecule has 1 fully saturated rings. The van der Waals surface area contributed by atoms with Gasteiger partial charge in [0.15, 0.2) is 5.82 Å². The van der Waals surface area contributed by atoms with Crippen molar-refractivity contribution in [2.45, 2.75) is 39.3 Å². The summed E-state index contributed by atoms with van der Waals surface area (Å²) in [5, 5.41) is 15.2. The highest BCUT2D eigenvalue weighted by atomic mass is 15.6. The number of tetrazole rings is 1. The summed E-state index contributed by atoms with van der Waals surface area (Å²) in [6, 6.07) is 0.768. The zero-order valence-corrected chi connectivity index (χ0v) is 8.94. The van der Waals surface area contributed by atoms with Crippen LogP contribution in [-0.2, 0) is 0 Å². The van der Waals surface area contributed by atoms with Crippen LogP contribution in [-0.4, -0.2) is 26.8 Å². The summed E-state index contributed by atoms with van der Waals surface area (Å²) in [5.41, 5.74) is 0. The summed E-state index contributed by atoms with van der Waals surface area (Å²) in [6.45, 7) is 7.35. The molecule has 0 bridgehead atoms. The molecule has 0 amide bonds. The Morgan fingerprint density at radius 1 is 1.64 bits per heavy atom. The van der Waals surface area contributed by atoms with Gasteiger partial charge < -0.3 is 5.32 Å². The van der Waals surface area contributed by atoms with Crippen molar-refractivity contribution in [2.75, 3.05) is 6.54 Å². The molecule has 2 rings (SSSR count). The van der Waals surface area contributed by atoms with Crippen LogP contribution in [0.1, 0.15) is 45.1 Å². The van der Waals surface area contributed by atoms with E-state index in [-0.39, 0.29) is 6.04 Å². The maximum atomic E-state index is 4.07. The highest BCUT2D eigenvalue weighted by molar-refractivity contribution is 4.98. The number of nitrogens with one attached hydrogen (secondary N) is 1. The lowest BCUT2D eigenvalue weighted by atomic mass is 10.3. The van der Waals surface area contributed by atoms with Gasteiger partial charge in [-0.1, -0.05) is 13.8 Å². The second-order valence-corrected chi connectivity index (χ2v) is 4.04. The molecule has 1 aliphatic rings. The van der Waals surface area contributed by atoms with Gasteiger partial charge in [0.2, 0.25) is 0 Å². The fourth-order valence-electron chi connectivity index (χ4n) is 1.76. The van der Waals surface area contributed by atoms with Crippen LogP contribution in [0, 0.1) is 5.92 Å². The lowest BCUT2D eigenvalue weighted by Crippen LogP contribution is -2.22. The molecule has 1 saturated carbocycles. The van der Waals surface area contributed by atoms with E-state index in [9.17, 15) is 0 Å².